The minimum Gasteiger partial charge on any atom is -0.338 e. The number of anilines is 6. The number of hydrogen-bond donors (Lipinski definition) is 4. The summed E-state index contributed by atoms with van der Waals surface area (Å²) in [4.78, 5) is 35.4. The highest BCUT2D eigenvalue weighted by atomic mass is 19.4. The zero-order valence-electron chi connectivity index (χ0n) is 25.2. The first-order valence-electron chi connectivity index (χ1n) is 14.4. The Balaban J connectivity index is 1.16. The van der Waals surface area contributed by atoms with E-state index < -0.39 is 17.8 Å². The van der Waals surface area contributed by atoms with E-state index in [9.17, 15) is 22.8 Å². The Morgan fingerprint density at radius 3 is 2.43 bits per heavy atom. The van der Waals surface area contributed by atoms with Crippen molar-refractivity contribution in [2.45, 2.75) is 33.0 Å². The molecule has 0 spiro atoms. The summed E-state index contributed by atoms with van der Waals surface area (Å²) in [5.74, 6) is 0.933. The van der Waals surface area contributed by atoms with E-state index in [0.717, 1.165) is 35.4 Å². The fraction of sp³-hybridized carbons (Fsp3) is 0.219. The third kappa shape index (κ3) is 6.55. The van der Waals surface area contributed by atoms with Crippen LogP contribution in [-0.4, -0.2) is 43.1 Å². The second-order valence-corrected chi connectivity index (χ2v) is 11.0. The Labute approximate surface area is 261 Å². The quantitative estimate of drug-likeness (QED) is 0.164. The Morgan fingerprint density at radius 1 is 0.913 bits per heavy atom. The van der Waals surface area contributed by atoms with Gasteiger partial charge in [0.25, 0.3) is 0 Å². The average molecular weight is 630 g/mol. The topological polar surface area (TPSA) is 129 Å². The summed E-state index contributed by atoms with van der Waals surface area (Å²) in [6, 6.07) is 14.9. The third-order valence-electron chi connectivity index (χ3n) is 7.70. The van der Waals surface area contributed by atoms with Crippen LogP contribution in [0.25, 0.3) is 11.0 Å². The van der Waals surface area contributed by atoms with Crippen LogP contribution >= 0.6 is 0 Å². The molecule has 11 nitrogen and oxygen atoms in total. The number of aromatic nitrogens is 4. The van der Waals surface area contributed by atoms with Crippen molar-refractivity contribution >= 4 is 57.5 Å². The van der Waals surface area contributed by atoms with Crippen molar-refractivity contribution in [1.82, 2.24) is 24.6 Å². The standard InChI is InChI=1S/C32H30F3N9O2/c1-18-7-9-25(39-31(46)38-23-6-4-5-22(14-23)32(33,34)35)15-27(18)40-28-26-16-36-30(41-29(26)43(3)42-28)37-24-10-8-20-11-12-44(19(2)45)17-21(20)13-24/h4-10,13-16H,11-12,17H2,1-3H3,(H,40,42)(H,36,37,41)(H2,38,39,46). The molecule has 1 aliphatic heterocycles. The van der Waals surface area contributed by atoms with E-state index in [4.69, 9.17) is 0 Å². The summed E-state index contributed by atoms with van der Waals surface area (Å²) < 4.78 is 40.7. The maximum absolute atomic E-state index is 13.0. The molecule has 0 aliphatic carbocycles. The molecule has 3 amide bonds. The molecule has 0 saturated carbocycles. The SMILES string of the molecule is CC(=O)N1CCc2ccc(Nc3ncc4c(Nc5cc(NC(=O)Nc6cccc(C(F)(F)F)c6)ccc5C)nn(C)c4n3)cc2C1. The predicted octanol–water partition coefficient (Wildman–Crippen LogP) is 6.73. The largest absolute Gasteiger partial charge is 0.416 e. The molecule has 0 radical (unpaired) electrons. The molecule has 0 atom stereocenters. The van der Waals surface area contributed by atoms with Crippen LogP contribution in [-0.2, 0) is 31.0 Å². The fourth-order valence-corrected chi connectivity index (χ4v) is 5.25. The monoisotopic (exact) mass is 629 g/mol. The number of carbonyl (C=O) groups is 2. The molecular weight excluding hydrogens is 599 g/mol. The van der Waals surface area contributed by atoms with Crippen LogP contribution < -0.4 is 21.3 Å². The number of carbonyl (C=O) groups excluding carboxylic acids is 2. The van der Waals surface area contributed by atoms with E-state index in [-0.39, 0.29) is 11.6 Å². The second-order valence-electron chi connectivity index (χ2n) is 11.0. The maximum atomic E-state index is 13.0. The molecule has 6 rings (SSSR count). The van der Waals surface area contributed by atoms with Gasteiger partial charge < -0.3 is 26.2 Å². The van der Waals surface area contributed by atoms with E-state index in [1.807, 2.05) is 24.0 Å². The van der Waals surface area contributed by atoms with Crippen molar-refractivity contribution in [2.24, 2.45) is 7.05 Å². The average Bonchev–Trinajstić information content (AvgIpc) is 3.32. The van der Waals surface area contributed by atoms with Crippen LogP contribution in [0.15, 0.2) is 66.9 Å². The second kappa shape index (κ2) is 12.0. The summed E-state index contributed by atoms with van der Waals surface area (Å²) in [5.41, 5.74) is 4.75. The molecule has 0 fully saturated rings. The van der Waals surface area contributed by atoms with E-state index in [1.54, 1.807) is 43.0 Å². The molecule has 3 heterocycles. The lowest BCUT2D eigenvalue weighted by Gasteiger charge is -2.28. The van der Waals surface area contributed by atoms with E-state index in [0.29, 0.717) is 47.3 Å². The molecule has 4 N–H and O–H groups in total. The maximum Gasteiger partial charge on any atom is 0.416 e. The summed E-state index contributed by atoms with van der Waals surface area (Å²) in [5, 5.41) is 16.9. The number of fused-ring (bicyclic) bond motifs is 2. The van der Waals surface area contributed by atoms with Gasteiger partial charge in [-0.25, -0.2) is 14.5 Å². The number of aryl methyl sites for hydroxylation is 2. The number of urea groups is 1. The van der Waals surface area contributed by atoms with Gasteiger partial charge in [-0.1, -0.05) is 18.2 Å². The third-order valence-corrected chi connectivity index (χ3v) is 7.70. The summed E-state index contributed by atoms with van der Waals surface area (Å²) in [6.07, 6.45) is -2.05. The van der Waals surface area contributed by atoms with Crippen LogP contribution in [0.3, 0.4) is 0 Å². The molecule has 2 aromatic heterocycles. The van der Waals surface area contributed by atoms with Crippen molar-refractivity contribution in [2.75, 3.05) is 27.8 Å². The number of alkyl halides is 3. The Bertz CT molecular complexity index is 1970. The van der Waals surface area contributed by atoms with E-state index in [1.165, 1.54) is 17.7 Å². The summed E-state index contributed by atoms with van der Waals surface area (Å²) in [7, 11) is 1.77. The van der Waals surface area contributed by atoms with Gasteiger partial charge in [-0.3, -0.25) is 4.79 Å². The molecule has 0 bridgehead atoms. The van der Waals surface area contributed by atoms with Crippen LogP contribution in [0.4, 0.5) is 52.5 Å². The van der Waals surface area contributed by atoms with Crippen molar-refractivity contribution in [1.29, 1.82) is 0 Å². The van der Waals surface area contributed by atoms with Gasteiger partial charge in [-0.2, -0.15) is 23.3 Å². The molecular formula is C32H30F3N9O2. The Kier molecular flexibility index (Phi) is 7.94. The van der Waals surface area contributed by atoms with Crippen molar-refractivity contribution < 1.29 is 22.8 Å². The lowest BCUT2D eigenvalue weighted by atomic mass is 9.99. The molecule has 5 aromatic rings. The van der Waals surface area contributed by atoms with Gasteiger partial charge in [0.15, 0.2) is 11.5 Å². The van der Waals surface area contributed by atoms with Crippen LogP contribution in [0.2, 0.25) is 0 Å². The number of nitrogens with one attached hydrogen (secondary N) is 4. The number of nitrogens with zero attached hydrogens (tertiary/aromatic N) is 5. The predicted molar refractivity (Wildman–Crippen MR) is 169 cm³/mol. The smallest absolute Gasteiger partial charge is 0.338 e. The number of amides is 3. The fourth-order valence-electron chi connectivity index (χ4n) is 5.25. The van der Waals surface area contributed by atoms with Crippen LogP contribution in [0.5, 0.6) is 0 Å². The van der Waals surface area contributed by atoms with Gasteiger partial charge in [0.2, 0.25) is 11.9 Å². The van der Waals surface area contributed by atoms with Crippen LogP contribution in [0, 0.1) is 6.92 Å². The zero-order valence-corrected chi connectivity index (χ0v) is 25.2. The first-order chi connectivity index (χ1) is 21.9. The van der Waals surface area contributed by atoms with Crippen molar-refractivity contribution in [3.63, 3.8) is 0 Å². The number of benzene rings is 3. The molecule has 0 unspecified atom stereocenters. The number of rotatable bonds is 6. The normalized spacial score (nSPS) is 12.9. The first-order valence-corrected chi connectivity index (χ1v) is 14.4. The Morgan fingerprint density at radius 2 is 1.67 bits per heavy atom. The zero-order chi connectivity index (χ0) is 32.6. The molecule has 46 heavy (non-hydrogen) atoms. The highest BCUT2D eigenvalue weighted by molar-refractivity contribution is 6.00. The van der Waals surface area contributed by atoms with Gasteiger partial charge in [0, 0.05) is 56.0 Å². The van der Waals surface area contributed by atoms with Crippen molar-refractivity contribution in [3.8, 4) is 0 Å². The van der Waals surface area contributed by atoms with E-state index >= 15 is 0 Å². The van der Waals surface area contributed by atoms with Gasteiger partial charge in [0.05, 0.1) is 10.9 Å². The van der Waals surface area contributed by atoms with Crippen LogP contribution in [0.1, 0.15) is 29.2 Å². The van der Waals surface area contributed by atoms with E-state index in [2.05, 4.69) is 42.4 Å². The van der Waals surface area contributed by atoms with Gasteiger partial charge >= 0.3 is 12.2 Å². The van der Waals surface area contributed by atoms with Gasteiger partial charge in [-0.05, 0) is 72.5 Å². The molecule has 1 aliphatic rings. The summed E-state index contributed by atoms with van der Waals surface area (Å²) >= 11 is 0. The number of hydrogen-bond acceptors (Lipinski definition) is 7. The minimum atomic E-state index is -4.52. The van der Waals surface area contributed by atoms with Gasteiger partial charge in [-0.15, -0.1) is 0 Å². The highest BCUT2D eigenvalue weighted by Crippen LogP contribution is 2.32. The molecule has 14 heteroatoms. The minimum absolute atomic E-state index is 0.0119. The van der Waals surface area contributed by atoms with Crippen molar-refractivity contribution in [3.05, 3.63) is 89.1 Å². The molecule has 0 saturated heterocycles. The lowest BCUT2D eigenvalue weighted by molar-refractivity contribution is -0.137. The molecule has 236 valence electrons. The molecule has 3 aromatic carbocycles. The Hall–Kier alpha value is -5.66. The lowest BCUT2D eigenvalue weighted by Crippen LogP contribution is -2.34. The summed E-state index contributed by atoms with van der Waals surface area (Å²) in [6.45, 7) is 4.74. The number of halogens is 3. The first kappa shape index (κ1) is 30.4. The van der Waals surface area contributed by atoms with Gasteiger partial charge in [0.1, 0.15) is 0 Å². The highest BCUT2D eigenvalue weighted by Gasteiger charge is 2.30.